The van der Waals surface area contributed by atoms with Gasteiger partial charge >= 0.3 is 0 Å². The summed E-state index contributed by atoms with van der Waals surface area (Å²) in [5.41, 5.74) is 7.88. The van der Waals surface area contributed by atoms with E-state index < -0.39 is 0 Å². The van der Waals surface area contributed by atoms with Gasteiger partial charge < -0.3 is 11.1 Å². The molecule has 100 valence electrons. The smallest absolute Gasteiger partial charge is 0.263 e. The number of carbonyl (C=O) groups excluding carboxylic acids is 1. The highest BCUT2D eigenvalue weighted by Gasteiger charge is 2.34. The average Bonchev–Trinajstić information content (AvgIpc) is 2.65. The van der Waals surface area contributed by atoms with Crippen molar-refractivity contribution in [3.63, 3.8) is 0 Å². The van der Waals surface area contributed by atoms with Gasteiger partial charge in [0.05, 0.1) is 5.69 Å². The molecule has 0 aliphatic heterocycles. The summed E-state index contributed by atoms with van der Waals surface area (Å²) in [6, 6.07) is 6.13. The molecule has 0 radical (unpaired) electrons. The van der Waals surface area contributed by atoms with Gasteiger partial charge in [0, 0.05) is 15.6 Å². The Morgan fingerprint density at radius 1 is 1.42 bits per heavy atom. The van der Waals surface area contributed by atoms with Crippen LogP contribution in [0.25, 0.3) is 10.1 Å². The highest BCUT2D eigenvalue weighted by molar-refractivity contribution is 7.21. The van der Waals surface area contributed by atoms with Crippen LogP contribution in [-0.2, 0) is 0 Å². The van der Waals surface area contributed by atoms with Crippen molar-refractivity contribution < 1.29 is 4.79 Å². The van der Waals surface area contributed by atoms with E-state index in [2.05, 4.69) is 12.2 Å². The fraction of sp³-hybridized carbons (Fsp3) is 0.400. The molecule has 3 N–H and O–H groups in total. The minimum atomic E-state index is -0.0321. The fourth-order valence-electron chi connectivity index (χ4n) is 2.56. The average molecular weight is 274 g/mol. The number of thiophene rings is 1. The van der Waals surface area contributed by atoms with Crippen molar-refractivity contribution in [2.75, 3.05) is 5.73 Å². The molecule has 1 amide bonds. The van der Waals surface area contributed by atoms with Crippen molar-refractivity contribution in [2.45, 2.75) is 38.6 Å². The number of fused-ring (bicyclic) bond motifs is 1. The van der Waals surface area contributed by atoms with Gasteiger partial charge in [0.2, 0.25) is 0 Å². The van der Waals surface area contributed by atoms with E-state index in [0.29, 0.717) is 10.6 Å². The minimum absolute atomic E-state index is 0.0291. The number of hydrogen-bond donors (Lipinski definition) is 2. The Balaban J connectivity index is 1.96. The summed E-state index contributed by atoms with van der Waals surface area (Å²) in [6.07, 6.45) is 3.31. The Hall–Kier alpha value is -1.55. The molecule has 3 rings (SSSR count). The first-order valence-electron chi connectivity index (χ1n) is 6.60. The van der Waals surface area contributed by atoms with Crippen molar-refractivity contribution in [1.82, 2.24) is 5.32 Å². The largest absolute Gasteiger partial charge is 0.397 e. The Kier molecular flexibility index (Phi) is 2.78. The van der Waals surface area contributed by atoms with Gasteiger partial charge in [-0.15, -0.1) is 11.3 Å². The molecule has 0 spiro atoms. The van der Waals surface area contributed by atoms with E-state index in [0.717, 1.165) is 28.5 Å². The molecule has 1 aliphatic carbocycles. The molecule has 0 saturated heterocycles. The van der Waals surface area contributed by atoms with Crippen LogP contribution in [-0.4, -0.2) is 11.4 Å². The second-order valence-corrected chi connectivity index (χ2v) is 6.77. The lowest BCUT2D eigenvalue weighted by Gasteiger charge is -2.39. The van der Waals surface area contributed by atoms with E-state index >= 15 is 0 Å². The highest BCUT2D eigenvalue weighted by atomic mass is 32.1. The molecular weight excluding hydrogens is 256 g/mol. The molecule has 1 aromatic carbocycles. The molecular formula is C15H18N2OS. The topological polar surface area (TPSA) is 55.1 Å². The number of rotatable bonds is 2. The zero-order chi connectivity index (χ0) is 13.6. The third-order valence-electron chi connectivity index (χ3n) is 3.96. The number of anilines is 1. The Morgan fingerprint density at radius 3 is 2.79 bits per heavy atom. The van der Waals surface area contributed by atoms with E-state index in [4.69, 9.17) is 5.73 Å². The number of nitrogen functional groups attached to an aromatic ring is 1. The van der Waals surface area contributed by atoms with E-state index in [1.165, 1.54) is 17.8 Å². The van der Waals surface area contributed by atoms with E-state index in [1.54, 1.807) is 0 Å². The van der Waals surface area contributed by atoms with Crippen molar-refractivity contribution in [3.8, 4) is 0 Å². The first kappa shape index (κ1) is 12.5. The number of nitrogens with one attached hydrogen (secondary N) is 1. The third-order valence-corrected chi connectivity index (χ3v) is 5.15. The molecule has 1 saturated carbocycles. The lowest BCUT2D eigenvalue weighted by molar-refractivity contribution is 0.0855. The summed E-state index contributed by atoms with van der Waals surface area (Å²) in [7, 11) is 0. The number of hydrogen-bond acceptors (Lipinski definition) is 3. The number of aryl methyl sites for hydroxylation is 1. The summed E-state index contributed by atoms with van der Waals surface area (Å²) < 4.78 is 1.08. The maximum absolute atomic E-state index is 12.3. The molecule has 0 unspecified atom stereocenters. The van der Waals surface area contributed by atoms with Crippen LogP contribution in [0.4, 0.5) is 5.69 Å². The van der Waals surface area contributed by atoms with Crippen molar-refractivity contribution >= 4 is 33.0 Å². The molecule has 0 bridgehead atoms. The Labute approximate surface area is 116 Å². The molecule has 3 nitrogen and oxygen atoms in total. The van der Waals surface area contributed by atoms with Crippen LogP contribution in [0.5, 0.6) is 0 Å². The molecule has 2 aromatic rings. The number of nitrogens with two attached hydrogens (primary N) is 1. The normalized spacial score (nSPS) is 17.2. The lowest BCUT2D eigenvalue weighted by Crippen LogP contribution is -2.50. The molecule has 1 aliphatic rings. The van der Waals surface area contributed by atoms with Gasteiger partial charge in [-0.05, 0) is 45.2 Å². The molecule has 1 aromatic heterocycles. The van der Waals surface area contributed by atoms with Crippen LogP contribution >= 0.6 is 11.3 Å². The highest BCUT2D eigenvalue weighted by Crippen LogP contribution is 2.36. The van der Waals surface area contributed by atoms with Gasteiger partial charge in [-0.3, -0.25) is 4.79 Å². The quantitative estimate of drug-likeness (QED) is 0.881. The lowest BCUT2D eigenvalue weighted by atomic mass is 9.78. The summed E-state index contributed by atoms with van der Waals surface area (Å²) >= 11 is 1.48. The molecule has 4 heteroatoms. The van der Waals surface area contributed by atoms with Crippen molar-refractivity contribution in [2.24, 2.45) is 0 Å². The van der Waals surface area contributed by atoms with Gasteiger partial charge in [-0.2, -0.15) is 0 Å². The fourth-order valence-corrected chi connectivity index (χ4v) is 3.56. The molecule has 0 atom stereocenters. The number of benzene rings is 1. The Bertz CT molecular complexity index is 655. The SMILES string of the molecule is Cc1ccc2sc(C(=O)NC3(C)CCC3)c(N)c2c1. The predicted molar refractivity (Wildman–Crippen MR) is 80.7 cm³/mol. The first-order chi connectivity index (χ1) is 8.98. The van der Waals surface area contributed by atoms with Crippen LogP contribution in [0.3, 0.4) is 0 Å². The van der Waals surface area contributed by atoms with Crippen LogP contribution in [0.2, 0.25) is 0 Å². The second kappa shape index (κ2) is 4.23. The molecule has 19 heavy (non-hydrogen) atoms. The maximum atomic E-state index is 12.3. The summed E-state index contributed by atoms with van der Waals surface area (Å²) in [5, 5.41) is 4.11. The van der Waals surface area contributed by atoms with E-state index in [1.807, 2.05) is 25.1 Å². The van der Waals surface area contributed by atoms with Gasteiger partial charge in [0.15, 0.2) is 0 Å². The monoisotopic (exact) mass is 274 g/mol. The number of amides is 1. The van der Waals surface area contributed by atoms with E-state index in [9.17, 15) is 4.79 Å². The van der Waals surface area contributed by atoms with Crippen LogP contribution in [0, 0.1) is 6.92 Å². The van der Waals surface area contributed by atoms with Gasteiger partial charge in [0.1, 0.15) is 4.88 Å². The zero-order valence-electron chi connectivity index (χ0n) is 11.2. The van der Waals surface area contributed by atoms with Gasteiger partial charge in [0.25, 0.3) is 5.91 Å². The first-order valence-corrected chi connectivity index (χ1v) is 7.41. The third kappa shape index (κ3) is 2.10. The molecule has 1 heterocycles. The second-order valence-electron chi connectivity index (χ2n) is 5.71. The maximum Gasteiger partial charge on any atom is 0.263 e. The van der Waals surface area contributed by atoms with Crippen molar-refractivity contribution in [1.29, 1.82) is 0 Å². The molecule has 1 fully saturated rings. The predicted octanol–water partition coefficient (Wildman–Crippen LogP) is 3.46. The number of carbonyl (C=O) groups is 1. The summed E-state index contributed by atoms with van der Waals surface area (Å²) in [4.78, 5) is 13.0. The standard InChI is InChI=1S/C15H18N2OS/c1-9-4-5-11-10(8-9)12(16)13(19-11)14(18)17-15(2)6-3-7-15/h4-5,8H,3,6-7,16H2,1-2H3,(H,17,18). The summed E-state index contributed by atoms with van der Waals surface area (Å²) in [5.74, 6) is -0.0291. The Morgan fingerprint density at radius 2 is 2.16 bits per heavy atom. The minimum Gasteiger partial charge on any atom is -0.397 e. The van der Waals surface area contributed by atoms with Gasteiger partial charge in [-0.1, -0.05) is 11.6 Å². The van der Waals surface area contributed by atoms with Crippen LogP contribution < -0.4 is 11.1 Å². The van der Waals surface area contributed by atoms with Gasteiger partial charge in [-0.25, -0.2) is 0 Å². The van der Waals surface area contributed by atoms with Crippen LogP contribution in [0.15, 0.2) is 18.2 Å². The zero-order valence-corrected chi connectivity index (χ0v) is 12.1. The van der Waals surface area contributed by atoms with Crippen LogP contribution in [0.1, 0.15) is 41.4 Å². The van der Waals surface area contributed by atoms with E-state index in [-0.39, 0.29) is 11.4 Å². The summed E-state index contributed by atoms with van der Waals surface area (Å²) in [6.45, 7) is 4.13. The van der Waals surface area contributed by atoms with Crippen molar-refractivity contribution in [3.05, 3.63) is 28.6 Å².